The first-order valence-corrected chi connectivity index (χ1v) is 9.18. The van der Waals surface area contributed by atoms with Crippen LogP contribution in [0.3, 0.4) is 0 Å². The van der Waals surface area contributed by atoms with Crippen molar-refractivity contribution < 1.29 is 9.59 Å². The number of allylic oxidation sites excluding steroid dienone is 2. The third-order valence-electron chi connectivity index (χ3n) is 2.94. The first kappa shape index (κ1) is 17.2. The predicted molar refractivity (Wildman–Crippen MR) is 98.5 cm³/mol. The highest BCUT2D eigenvalue weighted by Gasteiger charge is 2.14. The second kappa shape index (κ2) is 7.90. The molecule has 22 heavy (non-hydrogen) atoms. The number of halogens is 2. The topological polar surface area (TPSA) is 34.1 Å². The lowest BCUT2D eigenvalue weighted by atomic mass is 10.1. The summed E-state index contributed by atoms with van der Waals surface area (Å²) in [4.78, 5) is 25.1. The Morgan fingerprint density at radius 2 is 1.32 bits per heavy atom. The molecule has 0 N–H and O–H groups in total. The zero-order valence-corrected chi connectivity index (χ0v) is 15.7. The van der Waals surface area contributed by atoms with Crippen LogP contribution < -0.4 is 0 Å². The second-order valence-electron chi connectivity index (χ2n) is 4.42. The molecular weight excluding hydrogens is 428 g/mol. The van der Waals surface area contributed by atoms with Crippen LogP contribution in [0, 0.1) is 0 Å². The van der Waals surface area contributed by atoms with Crippen LogP contribution in [-0.2, 0) is 0 Å². The molecule has 2 aromatic carbocycles. The van der Waals surface area contributed by atoms with E-state index >= 15 is 0 Å². The number of thioether (sulfide) groups is 1. The highest BCUT2D eigenvalue weighted by molar-refractivity contribution is 9.10. The van der Waals surface area contributed by atoms with Gasteiger partial charge in [-0.15, -0.1) is 11.8 Å². The molecule has 0 aliphatic heterocycles. The molecule has 0 radical (unpaired) electrons. The Balaban J connectivity index is 2.26. The summed E-state index contributed by atoms with van der Waals surface area (Å²) in [5, 5.41) is 0. The quantitative estimate of drug-likeness (QED) is 0.454. The SMILES string of the molecule is CS/C(=C/C(=O)c1ccc(Br)cc1)C(=O)c1ccc(Br)cc1. The molecule has 0 bridgehead atoms. The van der Waals surface area contributed by atoms with Gasteiger partial charge in [-0.1, -0.05) is 31.9 Å². The fraction of sp³-hybridized carbons (Fsp3) is 0.0588. The van der Waals surface area contributed by atoms with E-state index in [2.05, 4.69) is 31.9 Å². The van der Waals surface area contributed by atoms with E-state index in [1.807, 2.05) is 12.1 Å². The number of carbonyl (C=O) groups is 2. The van der Waals surface area contributed by atoms with Gasteiger partial charge in [0.1, 0.15) is 0 Å². The Morgan fingerprint density at radius 1 is 0.864 bits per heavy atom. The van der Waals surface area contributed by atoms with Gasteiger partial charge in [-0.25, -0.2) is 0 Å². The number of hydrogen-bond donors (Lipinski definition) is 0. The van der Waals surface area contributed by atoms with Crippen LogP contribution in [0.15, 0.2) is 68.5 Å². The summed E-state index contributed by atoms with van der Waals surface area (Å²) in [6, 6.07) is 14.1. The van der Waals surface area contributed by atoms with E-state index in [1.54, 1.807) is 42.7 Å². The van der Waals surface area contributed by atoms with Crippen molar-refractivity contribution >= 4 is 55.2 Å². The smallest absolute Gasteiger partial charge is 0.199 e. The number of benzene rings is 2. The summed E-state index contributed by atoms with van der Waals surface area (Å²) < 4.78 is 1.81. The van der Waals surface area contributed by atoms with Gasteiger partial charge < -0.3 is 0 Å². The van der Waals surface area contributed by atoms with Crippen molar-refractivity contribution in [1.29, 1.82) is 0 Å². The Morgan fingerprint density at radius 3 is 1.77 bits per heavy atom. The van der Waals surface area contributed by atoms with Crippen LogP contribution in [0.5, 0.6) is 0 Å². The summed E-state index contributed by atoms with van der Waals surface area (Å²) in [7, 11) is 0. The second-order valence-corrected chi connectivity index (χ2v) is 7.10. The Hall–Kier alpha value is -1.17. The number of Topliss-reactive ketones (excluding diaryl/α,β-unsaturated/α-hetero) is 1. The van der Waals surface area contributed by atoms with E-state index in [0.717, 1.165) is 8.95 Å². The molecule has 0 aromatic heterocycles. The maximum atomic E-state index is 12.4. The van der Waals surface area contributed by atoms with Gasteiger partial charge in [-0.3, -0.25) is 9.59 Å². The van der Waals surface area contributed by atoms with Gasteiger partial charge in [-0.2, -0.15) is 0 Å². The highest BCUT2D eigenvalue weighted by Crippen LogP contribution is 2.21. The first-order chi connectivity index (χ1) is 10.5. The van der Waals surface area contributed by atoms with Crippen LogP contribution in [-0.4, -0.2) is 17.8 Å². The third-order valence-corrected chi connectivity index (χ3v) is 4.74. The summed E-state index contributed by atoms with van der Waals surface area (Å²) >= 11 is 7.94. The minimum Gasteiger partial charge on any atom is -0.289 e. The van der Waals surface area contributed by atoms with Crippen molar-refractivity contribution in [2.75, 3.05) is 6.26 Å². The van der Waals surface area contributed by atoms with E-state index in [4.69, 9.17) is 0 Å². The van der Waals surface area contributed by atoms with Gasteiger partial charge in [0, 0.05) is 26.1 Å². The van der Waals surface area contributed by atoms with Gasteiger partial charge in [-0.05, 0) is 54.8 Å². The maximum Gasteiger partial charge on any atom is 0.199 e. The van der Waals surface area contributed by atoms with Crippen molar-refractivity contribution in [3.8, 4) is 0 Å². The molecular formula is C17H12Br2O2S. The average molecular weight is 440 g/mol. The van der Waals surface area contributed by atoms with Gasteiger partial charge in [0.25, 0.3) is 0 Å². The largest absolute Gasteiger partial charge is 0.289 e. The van der Waals surface area contributed by atoms with E-state index in [9.17, 15) is 9.59 Å². The molecule has 0 fully saturated rings. The lowest BCUT2D eigenvalue weighted by Crippen LogP contribution is -2.04. The molecule has 0 unspecified atom stereocenters. The van der Waals surface area contributed by atoms with Gasteiger partial charge >= 0.3 is 0 Å². The molecule has 0 saturated heterocycles. The number of ketones is 2. The molecule has 0 heterocycles. The fourth-order valence-corrected chi connectivity index (χ4v) is 2.83. The maximum absolute atomic E-state index is 12.4. The summed E-state index contributed by atoms with van der Waals surface area (Å²) in [6.07, 6.45) is 3.19. The molecule has 2 aromatic rings. The third kappa shape index (κ3) is 4.41. The van der Waals surface area contributed by atoms with E-state index in [0.29, 0.717) is 16.0 Å². The van der Waals surface area contributed by atoms with Gasteiger partial charge in [0.15, 0.2) is 11.6 Å². The molecule has 112 valence electrons. The lowest BCUT2D eigenvalue weighted by Gasteiger charge is -2.04. The zero-order chi connectivity index (χ0) is 16.1. The monoisotopic (exact) mass is 438 g/mol. The average Bonchev–Trinajstić information content (AvgIpc) is 2.53. The first-order valence-electron chi connectivity index (χ1n) is 6.37. The van der Waals surface area contributed by atoms with Crippen LogP contribution in [0.2, 0.25) is 0 Å². The summed E-state index contributed by atoms with van der Waals surface area (Å²) in [6.45, 7) is 0. The molecule has 0 spiro atoms. The van der Waals surface area contributed by atoms with E-state index in [1.165, 1.54) is 17.8 Å². The number of hydrogen-bond acceptors (Lipinski definition) is 3. The fourth-order valence-electron chi connectivity index (χ4n) is 1.78. The Labute approximate surface area is 150 Å². The van der Waals surface area contributed by atoms with Crippen LogP contribution in [0.4, 0.5) is 0 Å². The van der Waals surface area contributed by atoms with E-state index in [-0.39, 0.29) is 11.6 Å². The lowest BCUT2D eigenvalue weighted by molar-refractivity contribution is 0.101. The summed E-state index contributed by atoms with van der Waals surface area (Å²) in [5.41, 5.74) is 1.12. The molecule has 5 heteroatoms. The van der Waals surface area contributed by atoms with Crippen LogP contribution in [0.25, 0.3) is 0 Å². The molecule has 0 saturated carbocycles. The minimum atomic E-state index is -0.178. The number of rotatable bonds is 5. The van der Waals surface area contributed by atoms with Crippen LogP contribution >= 0.6 is 43.6 Å². The van der Waals surface area contributed by atoms with Gasteiger partial charge in [0.05, 0.1) is 4.91 Å². The van der Waals surface area contributed by atoms with E-state index < -0.39 is 0 Å². The zero-order valence-electron chi connectivity index (χ0n) is 11.7. The molecule has 0 aliphatic carbocycles. The Kier molecular flexibility index (Phi) is 6.17. The van der Waals surface area contributed by atoms with Crippen molar-refractivity contribution in [2.45, 2.75) is 0 Å². The minimum absolute atomic E-state index is 0.148. The Bertz CT molecular complexity index is 719. The normalized spacial score (nSPS) is 11.3. The molecule has 0 amide bonds. The molecule has 0 aliphatic rings. The standard InChI is InChI=1S/C17H12Br2O2S/c1-22-16(17(21)12-4-8-14(19)9-5-12)10-15(20)11-2-6-13(18)7-3-11/h2-10H,1H3/b16-10+. The molecule has 0 atom stereocenters. The van der Waals surface area contributed by atoms with Crippen molar-refractivity contribution in [3.05, 3.63) is 79.6 Å². The van der Waals surface area contributed by atoms with Crippen molar-refractivity contribution in [3.63, 3.8) is 0 Å². The highest BCUT2D eigenvalue weighted by atomic mass is 79.9. The van der Waals surface area contributed by atoms with Gasteiger partial charge in [0.2, 0.25) is 0 Å². The van der Waals surface area contributed by atoms with Crippen LogP contribution in [0.1, 0.15) is 20.7 Å². The molecule has 2 rings (SSSR count). The molecule has 2 nitrogen and oxygen atoms in total. The van der Waals surface area contributed by atoms with Crippen molar-refractivity contribution in [1.82, 2.24) is 0 Å². The predicted octanol–water partition coefficient (Wildman–Crippen LogP) is 5.52. The number of carbonyl (C=O) groups excluding carboxylic acids is 2. The van der Waals surface area contributed by atoms with Crippen molar-refractivity contribution in [2.24, 2.45) is 0 Å². The summed E-state index contributed by atoms with van der Waals surface area (Å²) in [5.74, 6) is -0.326.